The van der Waals surface area contributed by atoms with Gasteiger partial charge in [0.2, 0.25) is 16.0 Å². The van der Waals surface area contributed by atoms with E-state index in [9.17, 15) is 8.42 Å². The summed E-state index contributed by atoms with van der Waals surface area (Å²) in [5.74, 6) is 5.75. The molecule has 112 valence electrons. The Morgan fingerprint density at radius 3 is 2.50 bits per heavy atom. The fourth-order valence-corrected chi connectivity index (χ4v) is 1.89. The van der Waals surface area contributed by atoms with E-state index in [-0.39, 0.29) is 4.90 Å². The van der Waals surface area contributed by atoms with Crippen LogP contribution < -0.4 is 21.7 Å². The average Bonchev–Trinajstić information content (AvgIpc) is 2.42. The summed E-state index contributed by atoms with van der Waals surface area (Å²) >= 11 is 0. The molecule has 0 saturated heterocycles. The van der Waals surface area contributed by atoms with Crippen molar-refractivity contribution in [2.24, 2.45) is 16.0 Å². The first-order valence-corrected chi connectivity index (χ1v) is 7.37. The van der Waals surface area contributed by atoms with Gasteiger partial charge in [0.25, 0.3) is 0 Å². The van der Waals surface area contributed by atoms with Crippen LogP contribution in [0.4, 0.5) is 0 Å². The van der Waals surface area contributed by atoms with Crippen LogP contribution in [0.5, 0.6) is 0 Å². The van der Waals surface area contributed by atoms with Crippen molar-refractivity contribution in [1.82, 2.24) is 10.7 Å². The third-order valence-electron chi connectivity index (χ3n) is 2.41. The molecule has 0 radical (unpaired) electrons. The molecule has 0 aliphatic heterocycles. The number of hydrogen-bond donors (Lipinski definition) is 4. The van der Waals surface area contributed by atoms with Gasteiger partial charge in [-0.25, -0.2) is 24.4 Å². The van der Waals surface area contributed by atoms with E-state index in [0.29, 0.717) is 25.7 Å². The molecule has 9 heteroatoms. The van der Waals surface area contributed by atoms with Gasteiger partial charge in [0.05, 0.1) is 18.0 Å². The van der Waals surface area contributed by atoms with Gasteiger partial charge < -0.3 is 10.1 Å². The van der Waals surface area contributed by atoms with E-state index < -0.39 is 10.0 Å². The van der Waals surface area contributed by atoms with Gasteiger partial charge in [-0.2, -0.15) is 0 Å². The maximum atomic E-state index is 11.1. The van der Waals surface area contributed by atoms with E-state index in [1.165, 1.54) is 12.1 Å². The van der Waals surface area contributed by atoms with Gasteiger partial charge in [-0.3, -0.25) is 5.43 Å². The first kappa shape index (κ1) is 16.4. The second kappa shape index (κ2) is 7.80. The van der Waals surface area contributed by atoms with Gasteiger partial charge in [-0.1, -0.05) is 12.1 Å². The first-order valence-electron chi connectivity index (χ1n) is 5.83. The molecule has 0 bridgehead atoms. The molecular weight excluding hydrogens is 282 g/mol. The minimum absolute atomic E-state index is 0.0700. The Labute approximate surface area is 118 Å². The van der Waals surface area contributed by atoms with Crippen molar-refractivity contribution >= 4 is 16.0 Å². The maximum Gasteiger partial charge on any atom is 0.238 e. The van der Waals surface area contributed by atoms with Gasteiger partial charge in [-0.05, 0) is 17.7 Å². The van der Waals surface area contributed by atoms with Crippen LogP contribution in [0.15, 0.2) is 34.2 Å². The second-order valence-corrected chi connectivity index (χ2v) is 5.48. The lowest BCUT2D eigenvalue weighted by Gasteiger charge is -2.08. The van der Waals surface area contributed by atoms with Crippen LogP contribution in [-0.2, 0) is 21.3 Å². The highest BCUT2D eigenvalue weighted by atomic mass is 32.2. The Morgan fingerprint density at radius 2 is 2.00 bits per heavy atom. The molecule has 8 nitrogen and oxygen atoms in total. The van der Waals surface area contributed by atoms with Crippen molar-refractivity contribution in [1.29, 1.82) is 0 Å². The predicted molar refractivity (Wildman–Crippen MR) is 76.2 cm³/mol. The molecule has 0 saturated carbocycles. The van der Waals surface area contributed by atoms with Gasteiger partial charge >= 0.3 is 0 Å². The predicted octanol–water partition coefficient (Wildman–Crippen LogP) is -1.11. The zero-order chi connectivity index (χ0) is 15.0. The third-order valence-corrected chi connectivity index (χ3v) is 3.34. The number of benzene rings is 1. The van der Waals surface area contributed by atoms with Crippen LogP contribution in [0, 0.1) is 0 Å². The summed E-state index contributed by atoms with van der Waals surface area (Å²) < 4.78 is 27.1. The summed E-state index contributed by atoms with van der Waals surface area (Å²) in [6.07, 6.45) is 0. The molecule has 0 aromatic heterocycles. The van der Waals surface area contributed by atoms with Crippen LogP contribution >= 0.6 is 0 Å². The van der Waals surface area contributed by atoms with Crippen LogP contribution in [0.25, 0.3) is 0 Å². The molecular formula is C11H19N5O3S. The Morgan fingerprint density at radius 1 is 1.35 bits per heavy atom. The van der Waals surface area contributed by atoms with E-state index in [0.717, 1.165) is 5.56 Å². The third kappa shape index (κ3) is 5.53. The van der Waals surface area contributed by atoms with Crippen LogP contribution in [-0.4, -0.2) is 34.6 Å². The zero-order valence-electron chi connectivity index (χ0n) is 11.2. The van der Waals surface area contributed by atoms with Crippen molar-refractivity contribution < 1.29 is 13.2 Å². The van der Waals surface area contributed by atoms with E-state index in [4.69, 9.17) is 15.7 Å². The van der Waals surface area contributed by atoms with Crippen molar-refractivity contribution in [3.8, 4) is 0 Å². The Kier molecular flexibility index (Phi) is 6.39. The minimum Gasteiger partial charge on any atom is -0.383 e. The highest BCUT2D eigenvalue weighted by Crippen LogP contribution is 2.09. The Hall–Kier alpha value is -1.68. The molecule has 0 amide bonds. The van der Waals surface area contributed by atoms with Crippen LogP contribution in [0.1, 0.15) is 5.56 Å². The zero-order valence-corrected chi connectivity index (χ0v) is 12.0. The lowest BCUT2D eigenvalue weighted by atomic mass is 10.2. The summed E-state index contributed by atoms with van der Waals surface area (Å²) in [6, 6.07) is 6.17. The second-order valence-electron chi connectivity index (χ2n) is 3.92. The molecule has 1 aromatic rings. The number of primary sulfonamides is 1. The van der Waals surface area contributed by atoms with E-state index in [1.54, 1.807) is 19.2 Å². The summed E-state index contributed by atoms with van der Waals surface area (Å²) in [7, 11) is -2.07. The van der Waals surface area contributed by atoms with E-state index >= 15 is 0 Å². The molecule has 0 atom stereocenters. The molecule has 0 fully saturated rings. The molecule has 1 aromatic carbocycles. The van der Waals surface area contributed by atoms with Crippen molar-refractivity contribution in [3.63, 3.8) is 0 Å². The summed E-state index contributed by atoms with van der Waals surface area (Å²) in [4.78, 5) is 4.28. The topological polar surface area (TPSA) is 132 Å². The van der Waals surface area contributed by atoms with Gasteiger partial charge in [0, 0.05) is 13.7 Å². The standard InChI is InChI=1S/C11H19N5O3S/c1-19-7-6-14-11(16-12)15-8-9-2-4-10(5-3-9)20(13,17)18/h2-5H,6-8,12H2,1H3,(H2,13,17,18)(H2,14,15,16). The Balaban J connectivity index is 2.63. The summed E-state index contributed by atoms with van der Waals surface area (Å²) in [6.45, 7) is 1.46. The van der Waals surface area contributed by atoms with E-state index in [2.05, 4.69) is 15.7 Å². The van der Waals surface area contributed by atoms with Gasteiger partial charge in [-0.15, -0.1) is 0 Å². The number of nitrogens with zero attached hydrogens (tertiary/aromatic N) is 1. The number of aliphatic imine (C=N–C) groups is 1. The number of rotatable bonds is 6. The minimum atomic E-state index is -3.66. The van der Waals surface area contributed by atoms with E-state index in [1.807, 2.05) is 0 Å². The quantitative estimate of drug-likeness (QED) is 0.173. The van der Waals surface area contributed by atoms with Crippen molar-refractivity contribution in [3.05, 3.63) is 29.8 Å². The molecule has 6 N–H and O–H groups in total. The molecule has 0 heterocycles. The molecule has 1 rings (SSSR count). The first-order chi connectivity index (χ1) is 9.47. The number of hydrogen-bond acceptors (Lipinski definition) is 5. The molecule has 0 unspecified atom stereocenters. The van der Waals surface area contributed by atoms with Crippen molar-refractivity contribution in [2.45, 2.75) is 11.4 Å². The fourth-order valence-electron chi connectivity index (χ4n) is 1.38. The highest BCUT2D eigenvalue weighted by Gasteiger charge is 2.06. The SMILES string of the molecule is COCCNC(=NCc1ccc(S(N)(=O)=O)cc1)NN. The number of hydrazine groups is 1. The Bertz CT molecular complexity index is 542. The number of ether oxygens (including phenoxy) is 1. The lowest BCUT2D eigenvalue weighted by Crippen LogP contribution is -2.42. The normalized spacial score (nSPS) is 12.2. The number of sulfonamides is 1. The smallest absolute Gasteiger partial charge is 0.238 e. The van der Waals surface area contributed by atoms with Gasteiger partial charge in [0.15, 0.2) is 0 Å². The molecule has 0 aliphatic carbocycles. The van der Waals surface area contributed by atoms with Gasteiger partial charge in [0.1, 0.15) is 0 Å². The van der Waals surface area contributed by atoms with Crippen LogP contribution in [0.2, 0.25) is 0 Å². The number of guanidine groups is 1. The summed E-state index contributed by atoms with van der Waals surface area (Å²) in [5, 5.41) is 7.96. The fraction of sp³-hybridized carbons (Fsp3) is 0.364. The largest absolute Gasteiger partial charge is 0.383 e. The molecule has 20 heavy (non-hydrogen) atoms. The number of methoxy groups -OCH3 is 1. The maximum absolute atomic E-state index is 11.1. The number of nitrogens with two attached hydrogens (primary N) is 2. The molecule has 0 spiro atoms. The lowest BCUT2D eigenvalue weighted by molar-refractivity contribution is 0.203. The average molecular weight is 301 g/mol. The molecule has 0 aliphatic rings. The van der Waals surface area contributed by atoms with Crippen LogP contribution in [0.3, 0.4) is 0 Å². The highest BCUT2D eigenvalue weighted by molar-refractivity contribution is 7.89. The summed E-state index contributed by atoms with van der Waals surface area (Å²) in [5.41, 5.74) is 3.27. The number of nitrogens with one attached hydrogen (secondary N) is 2. The van der Waals surface area contributed by atoms with Crippen molar-refractivity contribution in [2.75, 3.05) is 20.3 Å². The monoisotopic (exact) mass is 301 g/mol.